The maximum absolute atomic E-state index is 12.6. The minimum atomic E-state index is -3.79. The summed E-state index contributed by atoms with van der Waals surface area (Å²) in [7, 11) is -3.79. The third-order valence-corrected chi connectivity index (χ3v) is 4.46. The van der Waals surface area contributed by atoms with Crippen LogP contribution in [-0.2, 0) is 14.8 Å². The zero-order valence-corrected chi connectivity index (χ0v) is 13.5. The van der Waals surface area contributed by atoms with Crippen LogP contribution in [0.3, 0.4) is 0 Å². The number of hydrogen-bond donors (Lipinski definition) is 2. The number of amides is 1. The van der Waals surface area contributed by atoms with E-state index in [2.05, 4.69) is 10.0 Å². The molecule has 5 nitrogen and oxygen atoms in total. The third-order valence-electron chi connectivity index (χ3n) is 3.04. The van der Waals surface area contributed by atoms with E-state index < -0.39 is 10.0 Å². The molecule has 2 N–H and O–H groups in total. The van der Waals surface area contributed by atoms with E-state index in [0.29, 0.717) is 5.69 Å². The molecule has 1 amide bonds. The maximum Gasteiger partial charge on any atom is 0.263 e. The molecular weight excluding hydrogens is 300 g/mol. The lowest BCUT2D eigenvalue weighted by Gasteiger charge is -2.13. The summed E-state index contributed by atoms with van der Waals surface area (Å²) in [4.78, 5) is 11.3. The summed E-state index contributed by atoms with van der Waals surface area (Å²) in [6.45, 7) is 5.06. The second-order valence-electron chi connectivity index (χ2n) is 5.15. The van der Waals surface area contributed by atoms with Gasteiger partial charge in [0, 0.05) is 12.6 Å². The molecule has 6 heteroatoms. The van der Waals surface area contributed by atoms with Crippen LogP contribution in [0.2, 0.25) is 0 Å². The van der Waals surface area contributed by atoms with E-state index in [1.807, 2.05) is 19.1 Å². The Hall–Kier alpha value is -2.34. The highest BCUT2D eigenvalue weighted by molar-refractivity contribution is 7.92. The molecule has 0 fully saturated rings. The fraction of sp³-hybridized carbons (Fsp3) is 0.188. The number of hydrogen-bond acceptors (Lipinski definition) is 3. The van der Waals surface area contributed by atoms with Crippen LogP contribution < -0.4 is 10.0 Å². The summed E-state index contributed by atoms with van der Waals surface area (Å²) in [5.74, 6) is -0.323. The van der Waals surface area contributed by atoms with Gasteiger partial charge in [-0.05, 0) is 43.7 Å². The largest absolute Gasteiger partial charge is 0.325 e. The summed E-state index contributed by atoms with van der Waals surface area (Å²) >= 11 is 0. The molecule has 0 saturated carbocycles. The molecule has 116 valence electrons. The average Bonchev–Trinajstić information content (AvgIpc) is 2.42. The number of carbonyl (C=O) groups excluding carboxylic acids is 1. The van der Waals surface area contributed by atoms with Gasteiger partial charge >= 0.3 is 0 Å². The Kier molecular flexibility index (Phi) is 4.51. The molecule has 2 aromatic rings. The number of sulfonamides is 1. The van der Waals surface area contributed by atoms with Gasteiger partial charge in [-0.25, -0.2) is 8.42 Å². The van der Waals surface area contributed by atoms with Crippen molar-refractivity contribution in [2.24, 2.45) is 0 Å². The molecule has 2 rings (SSSR count). The average molecular weight is 318 g/mol. The molecule has 0 saturated heterocycles. The highest BCUT2D eigenvalue weighted by Gasteiger charge is 2.19. The van der Waals surface area contributed by atoms with Crippen LogP contribution in [0.1, 0.15) is 18.1 Å². The molecule has 0 aliphatic rings. The quantitative estimate of drug-likeness (QED) is 0.909. The number of carbonyl (C=O) groups is 1. The summed E-state index contributed by atoms with van der Waals surface area (Å²) in [6, 6.07) is 11.9. The fourth-order valence-electron chi connectivity index (χ4n) is 1.98. The van der Waals surface area contributed by atoms with Gasteiger partial charge in [-0.1, -0.05) is 23.8 Å². The minimum Gasteiger partial charge on any atom is -0.325 e. The first kappa shape index (κ1) is 16.0. The van der Waals surface area contributed by atoms with Gasteiger partial charge < -0.3 is 5.32 Å². The van der Waals surface area contributed by atoms with E-state index in [4.69, 9.17) is 0 Å². The minimum absolute atomic E-state index is 0.0447. The Labute approximate surface area is 130 Å². The Bertz CT molecular complexity index is 797. The van der Waals surface area contributed by atoms with Crippen LogP contribution >= 0.6 is 0 Å². The van der Waals surface area contributed by atoms with Crippen LogP contribution in [0.5, 0.6) is 0 Å². The van der Waals surface area contributed by atoms with Crippen molar-refractivity contribution in [3.63, 3.8) is 0 Å². The topological polar surface area (TPSA) is 75.3 Å². The summed E-state index contributed by atoms with van der Waals surface area (Å²) in [5, 5.41) is 2.54. The zero-order chi connectivity index (χ0) is 16.3. The Morgan fingerprint density at radius 1 is 0.955 bits per heavy atom. The summed E-state index contributed by atoms with van der Waals surface area (Å²) in [5.41, 5.74) is 2.56. The molecule has 2 aromatic carbocycles. The predicted molar refractivity (Wildman–Crippen MR) is 87.5 cm³/mol. The van der Waals surface area contributed by atoms with Crippen LogP contribution in [0.15, 0.2) is 47.4 Å². The van der Waals surface area contributed by atoms with Crippen molar-refractivity contribution in [3.8, 4) is 0 Å². The van der Waals surface area contributed by atoms with Crippen LogP contribution in [-0.4, -0.2) is 14.3 Å². The highest BCUT2D eigenvalue weighted by Crippen LogP contribution is 2.25. The fourth-order valence-corrected chi connectivity index (χ4v) is 3.28. The first-order valence-corrected chi connectivity index (χ1v) is 8.24. The summed E-state index contributed by atoms with van der Waals surface area (Å²) in [6.07, 6.45) is 0. The molecule has 0 aromatic heterocycles. The van der Waals surface area contributed by atoms with Crippen molar-refractivity contribution in [2.75, 3.05) is 10.0 Å². The first-order valence-electron chi connectivity index (χ1n) is 6.76. The van der Waals surface area contributed by atoms with E-state index >= 15 is 0 Å². The van der Waals surface area contributed by atoms with Crippen LogP contribution in [0.25, 0.3) is 0 Å². The SMILES string of the molecule is CC(=O)Nc1ccc(C)cc1S(=O)(=O)Nc1ccc(C)cc1. The molecule has 0 unspecified atom stereocenters. The van der Waals surface area contributed by atoms with Crippen molar-refractivity contribution < 1.29 is 13.2 Å². The molecule has 0 spiro atoms. The van der Waals surface area contributed by atoms with Gasteiger partial charge in [0.25, 0.3) is 10.0 Å². The van der Waals surface area contributed by atoms with Gasteiger partial charge in [0.1, 0.15) is 4.90 Å². The molecule has 0 bridgehead atoms. The van der Waals surface area contributed by atoms with Gasteiger partial charge in [0.15, 0.2) is 0 Å². The van der Waals surface area contributed by atoms with Gasteiger partial charge in [-0.3, -0.25) is 9.52 Å². The van der Waals surface area contributed by atoms with Crippen molar-refractivity contribution in [2.45, 2.75) is 25.7 Å². The Morgan fingerprint density at radius 2 is 1.55 bits per heavy atom. The van der Waals surface area contributed by atoms with Gasteiger partial charge in [0.05, 0.1) is 5.69 Å². The second-order valence-corrected chi connectivity index (χ2v) is 6.80. The predicted octanol–water partition coefficient (Wildman–Crippen LogP) is 3.06. The molecule has 0 aliphatic heterocycles. The lowest BCUT2D eigenvalue weighted by atomic mass is 10.2. The first-order chi connectivity index (χ1) is 10.3. The van der Waals surface area contributed by atoms with E-state index in [1.165, 1.54) is 13.0 Å². The van der Waals surface area contributed by atoms with Gasteiger partial charge in [-0.15, -0.1) is 0 Å². The molecule has 22 heavy (non-hydrogen) atoms. The smallest absolute Gasteiger partial charge is 0.263 e. The van der Waals surface area contributed by atoms with Crippen molar-refractivity contribution in [1.82, 2.24) is 0 Å². The van der Waals surface area contributed by atoms with Crippen molar-refractivity contribution in [3.05, 3.63) is 53.6 Å². The van der Waals surface area contributed by atoms with Crippen molar-refractivity contribution >= 4 is 27.3 Å². The molecular formula is C16H18N2O3S. The zero-order valence-electron chi connectivity index (χ0n) is 12.7. The molecule has 0 aliphatic carbocycles. The van der Waals surface area contributed by atoms with E-state index in [1.54, 1.807) is 31.2 Å². The lowest BCUT2D eigenvalue weighted by Crippen LogP contribution is -2.17. The lowest BCUT2D eigenvalue weighted by molar-refractivity contribution is -0.114. The normalized spacial score (nSPS) is 11.0. The molecule has 0 heterocycles. The van der Waals surface area contributed by atoms with Crippen LogP contribution in [0.4, 0.5) is 11.4 Å². The summed E-state index contributed by atoms with van der Waals surface area (Å²) < 4.78 is 27.7. The monoisotopic (exact) mass is 318 g/mol. The highest BCUT2D eigenvalue weighted by atomic mass is 32.2. The molecule has 0 atom stereocenters. The maximum atomic E-state index is 12.6. The van der Waals surface area contributed by atoms with Gasteiger partial charge in [0.2, 0.25) is 5.91 Å². The van der Waals surface area contributed by atoms with E-state index in [-0.39, 0.29) is 16.5 Å². The number of aryl methyl sites for hydroxylation is 2. The molecule has 0 radical (unpaired) electrons. The number of rotatable bonds is 4. The Balaban J connectivity index is 2.41. The van der Waals surface area contributed by atoms with Crippen LogP contribution in [0, 0.1) is 13.8 Å². The number of nitrogens with one attached hydrogen (secondary N) is 2. The van der Waals surface area contributed by atoms with E-state index in [9.17, 15) is 13.2 Å². The second kappa shape index (κ2) is 6.19. The Morgan fingerprint density at radius 3 is 2.14 bits per heavy atom. The van der Waals surface area contributed by atoms with Gasteiger partial charge in [-0.2, -0.15) is 0 Å². The number of anilines is 2. The van der Waals surface area contributed by atoms with E-state index in [0.717, 1.165) is 11.1 Å². The standard InChI is InChI=1S/C16H18N2O3S/c1-11-4-7-14(8-5-11)18-22(20,21)16-10-12(2)6-9-15(16)17-13(3)19/h4-10,18H,1-3H3,(H,17,19). The van der Waals surface area contributed by atoms with Crippen molar-refractivity contribution in [1.29, 1.82) is 0 Å². The third kappa shape index (κ3) is 3.85. The number of benzene rings is 2.